The molecule has 3 unspecified atom stereocenters. The van der Waals surface area contributed by atoms with E-state index < -0.39 is 0 Å². The van der Waals surface area contributed by atoms with E-state index in [0.29, 0.717) is 6.54 Å². The number of benzene rings is 1. The number of hydrogen-bond donors (Lipinski definition) is 2. The molecule has 1 aliphatic carbocycles. The number of nitrogens with two attached hydrogens (primary N) is 1. The van der Waals surface area contributed by atoms with Gasteiger partial charge in [-0.05, 0) is 44.6 Å². The van der Waals surface area contributed by atoms with E-state index in [1.165, 1.54) is 0 Å². The van der Waals surface area contributed by atoms with Gasteiger partial charge in [-0.15, -0.1) is 24.8 Å². The van der Waals surface area contributed by atoms with Crippen molar-refractivity contribution in [1.82, 2.24) is 10.2 Å². The minimum Gasteiger partial charge on any atom is -0.497 e. The molecule has 0 spiro atoms. The number of rotatable bonds is 6. The Morgan fingerprint density at radius 3 is 2.62 bits per heavy atom. The van der Waals surface area contributed by atoms with E-state index in [9.17, 15) is 4.79 Å². The standard InChI is InChI=1S/C17H27N3O2.2ClH/c1-20(2)16(12-6-4-7-13(10-12)22-3)11-19-17(21)14-8-5-9-15(14)18;;/h4,6-7,10,14-16H,5,8-9,11,18H2,1-3H3,(H,19,21);2*1H. The van der Waals surface area contributed by atoms with Crippen molar-refractivity contribution in [2.24, 2.45) is 11.7 Å². The first-order valence-electron chi connectivity index (χ1n) is 7.86. The average Bonchev–Trinajstić information content (AvgIpc) is 2.93. The van der Waals surface area contributed by atoms with Gasteiger partial charge in [-0.1, -0.05) is 18.6 Å². The molecule has 5 nitrogen and oxygen atoms in total. The summed E-state index contributed by atoms with van der Waals surface area (Å²) >= 11 is 0. The predicted octanol–water partition coefficient (Wildman–Crippen LogP) is 2.39. The van der Waals surface area contributed by atoms with Gasteiger partial charge in [-0.25, -0.2) is 0 Å². The molecule has 3 atom stereocenters. The van der Waals surface area contributed by atoms with E-state index in [1.807, 2.05) is 32.3 Å². The van der Waals surface area contributed by atoms with Gasteiger partial charge in [0.2, 0.25) is 5.91 Å². The maximum Gasteiger partial charge on any atom is 0.224 e. The molecule has 1 saturated carbocycles. The van der Waals surface area contributed by atoms with Crippen molar-refractivity contribution in [3.63, 3.8) is 0 Å². The summed E-state index contributed by atoms with van der Waals surface area (Å²) in [5.74, 6) is 0.876. The zero-order valence-corrected chi connectivity index (χ0v) is 16.2. The molecule has 2 rings (SSSR count). The third kappa shape index (κ3) is 5.81. The number of carbonyl (C=O) groups is 1. The molecule has 24 heavy (non-hydrogen) atoms. The van der Waals surface area contributed by atoms with Crippen molar-refractivity contribution in [3.8, 4) is 5.75 Å². The quantitative estimate of drug-likeness (QED) is 0.798. The Labute approximate surface area is 157 Å². The first-order chi connectivity index (χ1) is 10.5. The minimum atomic E-state index is -0.0341. The topological polar surface area (TPSA) is 67.6 Å². The highest BCUT2D eigenvalue weighted by atomic mass is 35.5. The fourth-order valence-corrected chi connectivity index (χ4v) is 3.09. The summed E-state index contributed by atoms with van der Waals surface area (Å²) < 4.78 is 5.28. The molecule has 138 valence electrons. The second kappa shape index (κ2) is 10.8. The minimum absolute atomic E-state index is 0. The van der Waals surface area contributed by atoms with Crippen LogP contribution in [0.1, 0.15) is 30.9 Å². The molecule has 0 bridgehead atoms. The Balaban J connectivity index is 0.00000264. The molecule has 1 aromatic carbocycles. The van der Waals surface area contributed by atoms with E-state index in [2.05, 4.69) is 16.3 Å². The van der Waals surface area contributed by atoms with Crippen molar-refractivity contribution in [2.45, 2.75) is 31.3 Å². The monoisotopic (exact) mass is 377 g/mol. The maximum absolute atomic E-state index is 12.3. The second-order valence-electron chi connectivity index (χ2n) is 6.20. The molecule has 0 heterocycles. The highest BCUT2D eigenvalue weighted by Gasteiger charge is 2.30. The predicted molar refractivity (Wildman–Crippen MR) is 102 cm³/mol. The Morgan fingerprint density at radius 1 is 1.38 bits per heavy atom. The highest BCUT2D eigenvalue weighted by Crippen LogP contribution is 2.25. The number of ether oxygens (including phenoxy) is 1. The lowest BCUT2D eigenvalue weighted by atomic mass is 10.0. The van der Waals surface area contributed by atoms with Crippen LogP contribution in [0.4, 0.5) is 0 Å². The Bertz CT molecular complexity index is 514. The van der Waals surface area contributed by atoms with Gasteiger partial charge in [-0.3, -0.25) is 4.79 Å². The van der Waals surface area contributed by atoms with Crippen molar-refractivity contribution in [3.05, 3.63) is 29.8 Å². The second-order valence-corrected chi connectivity index (χ2v) is 6.20. The summed E-state index contributed by atoms with van der Waals surface area (Å²) in [5.41, 5.74) is 7.13. The van der Waals surface area contributed by atoms with Gasteiger partial charge in [0.25, 0.3) is 0 Å². The van der Waals surface area contributed by atoms with Crippen LogP contribution in [0.5, 0.6) is 5.75 Å². The zero-order valence-electron chi connectivity index (χ0n) is 14.5. The van der Waals surface area contributed by atoms with Crippen molar-refractivity contribution in [1.29, 1.82) is 0 Å². The van der Waals surface area contributed by atoms with E-state index in [0.717, 1.165) is 30.6 Å². The number of nitrogens with zero attached hydrogens (tertiary/aromatic N) is 1. The molecular weight excluding hydrogens is 349 g/mol. The summed E-state index contributed by atoms with van der Waals surface area (Å²) in [6, 6.07) is 8.08. The highest BCUT2D eigenvalue weighted by molar-refractivity contribution is 5.85. The van der Waals surface area contributed by atoms with Crippen LogP contribution in [0.3, 0.4) is 0 Å². The van der Waals surface area contributed by atoms with Crippen LogP contribution in [0.15, 0.2) is 24.3 Å². The number of nitrogens with one attached hydrogen (secondary N) is 1. The van der Waals surface area contributed by atoms with Gasteiger partial charge in [0.1, 0.15) is 5.75 Å². The molecule has 3 N–H and O–H groups in total. The number of carbonyl (C=O) groups excluding carboxylic acids is 1. The fraction of sp³-hybridized carbons (Fsp3) is 0.588. The van der Waals surface area contributed by atoms with Gasteiger partial charge in [-0.2, -0.15) is 0 Å². The molecule has 1 aliphatic rings. The third-order valence-electron chi connectivity index (χ3n) is 4.48. The lowest BCUT2D eigenvalue weighted by molar-refractivity contribution is -0.125. The van der Waals surface area contributed by atoms with Gasteiger partial charge >= 0.3 is 0 Å². The van der Waals surface area contributed by atoms with Gasteiger partial charge in [0.05, 0.1) is 19.1 Å². The van der Waals surface area contributed by atoms with Crippen LogP contribution < -0.4 is 15.8 Å². The SMILES string of the molecule is COc1cccc(C(CNC(=O)C2CCCC2N)N(C)C)c1.Cl.Cl. The molecule has 1 fully saturated rings. The third-order valence-corrected chi connectivity index (χ3v) is 4.48. The van der Waals surface area contributed by atoms with Gasteiger partial charge in [0, 0.05) is 12.6 Å². The molecule has 0 radical (unpaired) electrons. The van der Waals surface area contributed by atoms with E-state index in [4.69, 9.17) is 10.5 Å². The van der Waals surface area contributed by atoms with Crippen LogP contribution in [0, 0.1) is 5.92 Å². The Morgan fingerprint density at radius 2 is 2.08 bits per heavy atom. The largest absolute Gasteiger partial charge is 0.497 e. The fourth-order valence-electron chi connectivity index (χ4n) is 3.09. The molecule has 0 aliphatic heterocycles. The van der Waals surface area contributed by atoms with Gasteiger partial charge < -0.3 is 20.7 Å². The summed E-state index contributed by atoms with van der Waals surface area (Å²) in [6.07, 6.45) is 2.90. The first-order valence-corrected chi connectivity index (χ1v) is 7.86. The summed E-state index contributed by atoms with van der Waals surface area (Å²) in [4.78, 5) is 14.4. The van der Waals surface area contributed by atoms with Crippen molar-refractivity contribution in [2.75, 3.05) is 27.7 Å². The smallest absolute Gasteiger partial charge is 0.224 e. The van der Waals surface area contributed by atoms with E-state index in [1.54, 1.807) is 7.11 Å². The van der Waals surface area contributed by atoms with Crippen LogP contribution in [0.25, 0.3) is 0 Å². The number of methoxy groups -OCH3 is 1. The van der Waals surface area contributed by atoms with E-state index in [-0.39, 0.29) is 48.7 Å². The molecule has 1 aromatic rings. The molecule has 0 saturated heterocycles. The number of likely N-dealkylation sites (N-methyl/N-ethyl adjacent to an activating group) is 1. The number of halogens is 2. The molecule has 7 heteroatoms. The van der Waals surface area contributed by atoms with Gasteiger partial charge in [0.15, 0.2) is 0 Å². The average molecular weight is 378 g/mol. The summed E-state index contributed by atoms with van der Waals surface area (Å²) in [5, 5.41) is 3.07. The summed E-state index contributed by atoms with van der Waals surface area (Å²) in [7, 11) is 5.68. The normalized spacial score (nSPS) is 20.7. The lowest BCUT2D eigenvalue weighted by Crippen LogP contribution is -2.42. The van der Waals surface area contributed by atoms with Crippen LogP contribution in [0.2, 0.25) is 0 Å². The Kier molecular flexibility index (Phi) is 10.3. The van der Waals surface area contributed by atoms with Crippen LogP contribution in [-0.4, -0.2) is 44.6 Å². The molecule has 1 amide bonds. The van der Waals surface area contributed by atoms with E-state index >= 15 is 0 Å². The van der Waals surface area contributed by atoms with Crippen LogP contribution >= 0.6 is 24.8 Å². The Hall–Kier alpha value is -1.01. The molecule has 0 aromatic heterocycles. The number of amides is 1. The maximum atomic E-state index is 12.3. The summed E-state index contributed by atoms with van der Waals surface area (Å²) in [6.45, 7) is 0.572. The molecular formula is C17H29Cl2N3O2. The lowest BCUT2D eigenvalue weighted by Gasteiger charge is -2.26. The first kappa shape index (κ1) is 23.0. The van der Waals surface area contributed by atoms with Crippen molar-refractivity contribution >= 4 is 30.7 Å². The zero-order chi connectivity index (χ0) is 16.1. The van der Waals surface area contributed by atoms with Crippen LogP contribution in [-0.2, 0) is 4.79 Å². The van der Waals surface area contributed by atoms with Crippen molar-refractivity contribution < 1.29 is 9.53 Å². The number of hydrogen-bond acceptors (Lipinski definition) is 4.